The maximum atomic E-state index is 5.81. The van der Waals surface area contributed by atoms with Gasteiger partial charge in [0, 0.05) is 44.3 Å². The van der Waals surface area contributed by atoms with Gasteiger partial charge in [0.2, 0.25) is 0 Å². The van der Waals surface area contributed by atoms with Crippen molar-refractivity contribution >= 4 is 11.4 Å². The second-order valence-electron chi connectivity index (χ2n) is 3.92. The van der Waals surface area contributed by atoms with E-state index in [-0.39, 0.29) is 6.10 Å². The third-order valence-corrected chi connectivity index (χ3v) is 2.46. The molecule has 1 aromatic carbocycles. The van der Waals surface area contributed by atoms with Crippen LogP contribution in [-0.4, -0.2) is 40.1 Å². The molecule has 0 aliphatic carbocycles. The van der Waals surface area contributed by atoms with E-state index in [1.807, 2.05) is 19.1 Å². The van der Waals surface area contributed by atoms with E-state index >= 15 is 0 Å². The zero-order chi connectivity index (χ0) is 13.4. The van der Waals surface area contributed by atoms with Crippen LogP contribution in [-0.2, 0) is 9.47 Å². The van der Waals surface area contributed by atoms with Crippen LogP contribution >= 0.6 is 0 Å². The Morgan fingerprint density at radius 2 is 2.06 bits per heavy atom. The van der Waals surface area contributed by atoms with Crippen molar-refractivity contribution in [1.29, 1.82) is 0 Å². The fourth-order valence-corrected chi connectivity index (χ4v) is 1.60. The van der Waals surface area contributed by atoms with Gasteiger partial charge >= 0.3 is 0 Å². The summed E-state index contributed by atoms with van der Waals surface area (Å²) in [6.07, 6.45) is 0.00646. The second kappa shape index (κ2) is 7.79. The Labute approximate surface area is 108 Å². The number of ether oxygens (including phenoxy) is 3. The van der Waals surface area contributed by atoms with Gasteiger partial charge in [0.1, 0.15) is 5.75 Å². The Morgan fingerprint density at radius 1 is 1.28 bits per heavy atom. The molecule has 0 aliphatic heterocycles. The predicted octanol–water partition coefficient (Wildman–Crippen LogP) is 1.74. The van der Waals surface area contributed by atoms with Gasteiger partial charge in [-0.3, -0.25) is 0 Å². The van der Waals surface area contributed by atoms with Gasteiger partial charge < -0.3 is 25.3 Å². The number of hydrogen-bond acceptors (Lipinski definition) is 5. The van der Waals surface area contributed by atoms with Gasteiger partial charge in [0.05, 0.1) is 19.3 Å². The maximum absolute atomic E-state index is 5.81. The topological polar surface area (TPSA) is 65.7 Å². The largest absolute Gasteiger partial charge is 0.494 e. The van der Waals surface area contributed by atoms with Crippen LogP contribution in [0.2, 0.25) is 0 Å². The van der Waals surface area contributed by atoms with E-state index in [4.69, 9.17) is 19.9 Å². The average Bonchev–Trinajstić information content (AvgIpc) is 2.34. The zero-order valence-electron chi connectivity index (χ0n) is 11.2. The Kier molecular flexibility index (Phi) is 6.32. The number of anilines is 2. The lowest BCUT2D eigenvalue weighted by atomic mass is 10.2. The molecule has 5 heteroatoms. The molecule has 0 amide bonds. The molecule has 3 N–H and O–H groups in total. The number of rotatable bonds is 8. The summed E-state index contributed by atoms with van der Waals surface area (Å²) < 4.78 is 15.8. The first kappa shape index (κ1) is 14.6. The van der Waals surface area contributed by atoms with E-state index < -0.39 is 0 Å². The average molecular weight is 254 g/mol. The third-order valence-electron chi connectivity index (χ3n) is 2.46. The van der Waals surface area contributed by atoms with Crippen LogP contribution in [0.4, 0.5) is 11.4 Å². The smallest absolute Gasteiger partial charge is 0.123 e. The summed E-state index contributed by atoms with van der Waals surface area (Å²) in [5.74, 6) is 0.765. The molecule has 0 aliphatic rings. The van der Waals surface area contributed by atoms with E-state index in [1.165, 1.54) is 0 Å². The van der Waals surface area contributed by atoms with Gasteiger partial charge in [-0.1, -0.05) is 0 Å². The molecule has 1 unspecified atom stereocenters. The van der Waals surface area contributed by atoms with Gasteiger partial charge in [0.25, 0.3) is 0 Å². The summed E-state index contributed by atoms with van der Waals surface area (Å²) in [6, 6.07) is 5.58. The normalized spacial score (nSPS) is 12.2. The van der Waals surface area contributed by atoms with Crippen LogP contribution in [0.25, 0.3) is 0 Å². The van der Waals surface area contributed by atoms with Crippen LogP contribution in [0.5, 0.6) is 5.75 Å². The first-order valence-corrected chi connectivity index (χ1v) is 5.98. The molecule has 0 radical (unpaired) electrons. The molecular weight excluding hydrogens is 232 g/mol. The molecule has 0 heterocycles. The van der Waals surface area contributed by atoms with Crippen molar-refractivity contribution in [2.45, 2.75) is 13.0 Å². The van der Waals surface area contributed by atoms with Crippen molar-refractivity contribution in [2.24, 2.45) is 0 Å². The van der Waals surface area contributed by atoms with Gasteiger partial charge in [-0.05, 0) is 13.0 Å². The summed E-state index contributed by atoms with van der Waals surface area (Å²) in [6.45, 7) is 3.76. The third kappa shape index (κ3) is 4.81. The summed E-state index contributed by atoms with van der Waals surface area (Å²) in [7, 11) is 3.32. The summed E-state index contributed by atoms with van der Waals surface area (Å²) in [5, 5.41) is 3.26. The van der Waals surface area contributed by atoms with Gasteiger partial charge in [0.15, 0.2) is 0 Å². The summed E-state index contributed by atoms with van der Waals surface area (Å²) >= 11 is 0. The first-order chi connectivity index (χ1) is 8.69. The highest BCUT2D eigenvalue weighted by Gasteiger charge is 2.07. The minimum atomic E-state index is 0.00646. The molecule has 0 bridgehead atoms. The lowest BCUT2D eigenvalue weighted by molar-refractivity contribution is 0.0365. The molecule has 1 atom stereocenters. The summed E-state index contributed by atoms with van der Waals surface area (Å²) in [4.78, 5) is 0. The van der Waals surface area contributed by atoms with Gasteiger partial charge in [-0.15, -0.1) is 0 Å². The van der Waals surface area contributed by atoms with Crippen molar-refractivity contribution in [1.82, 2.24) is 0 Å². The molecule has 5 nitrogen and oxygen atoms in total. The highest BCUT2D eigenvalue weighted by atomic mass is 16.5. The van der Waals surface area contributed by atoms with Gasteiger partial charge in [-0.2, -0.15) is 0 Å². The minimum absolute atomic E-state index is 0.00646. The lowest BCUT2D eigenvalue weighted by Gasteiger charge is -2.16. The van der Waals surface area contributed by atoms with Crippen LogP contribution in [0.1, 0.15) is 6.92 Å². The van der Waals surface area contributed by atoms with E-state index in [1.54, 1.807) is 20.3 Å². The molecular formula is C13H22N2O3. The fourth-order valence-electron chi connectivity index (χ4n) is 1.60. The molecule has 0 aromatic heterocycles. The highest BCUT2D eigenvalue weighted by molar-refractivity contribution is 5.59. The maximum Gasteiger partial charge on any atom is 0.123 e. The Hall–Kier alpha value is -1.46. The van der Waals surface area contributed by atoms with Crippen LogP contribution in [0, 0.1) is 0 Å². The van der Waals surface area contributed by atoms with Crippen molar-refractivity contribution in [2.75, 3.05) is 45.0 Å². The molecule has 0 fully saturated rings. The highest BCUT2D eigenvalue weighted by Crippen LogP contribution is 2.22. The molecule has 1 rings (SSSR count). The number of benzene rings is 1. The number of methoxy groups -OCH3 is 2. The molecule has 1 aromatic rings. The molecule has 18 heavy (non-hydrogen) atoms. The van der Waals surface area contributed by atoms with E-state index in [0.717, 1.165) is 11.4 Å². The number of hydrogen-bond donors (Lipinski definition) is 2. The number of nitrogens with two attached hydrogens (primary N) is 1. The quantitative estimate of drug-likeness (QED) is 0.692. The molecule has 102 valence electrons. The lowest BCUT2D eigenvalue weighted by Crippen LogP contribution is -2.26. The Morgan fingerprint density at radius 3 is 2.67 bits per heavy atom. The van der Waals surface area contributed by atoms with Crippen LogP contribution in [0.15, 0.2) is 18.2 Å². The SMILES string of the molecule is CCOc1cc(N)cc(NCC(COC)OC)c1. The minimum Gasteiger partial charge on any atom is -0.494 e. The monoisotopic (exact) mass is 254 g/mol. The Bertz CT molecular complexity index is 358. The van der Waals surface area contributed by atoms with E-state index in [2.05, 4.69) is 5.32 Å². The van der Waals surface area contributed by atoms with Crippen molar-refractivity contribution in [3.05, 3.63) is 18.2 Å². The number of nitrogens with one attached hydrogen (secondary N) is 1. The van der Waals surface area contributed by atoms with Crippen molar-refractivity contribution in [3.8, 4) is 5.75 Å². The molecule has 0 saturated carbocycles. The van der Waals surface area contributed by atoms with Crippen LogP contribution in [0.3, 0.4) is 0 Å². The molecule has 0 saturated heterocycles. The summed E-state index contributed by atoms with van der Waals surface area (Å²) in [5.41, 5.74) is 7.40. The van der Waals surface area contributed by atoms with Crippen LogP contribution < -0.4 is 15.8 Å². The fraction of sp³-hybridized carbons (Fsp3) is 0.538. The van der Waals surface area contributed by atoms with Crippen molar-refractivity contribution < 1.29 is 14.2 Å². The number of nitrogen functional groups attached to an aromatic ring is 1. The second-order valence-corrected chi connectivity index (χ2v) is 3.92. The first-order valence-electron chi connectivity index (χ1n) is 5.98. The van der Waals surface area contributed by atoms with E-state index in [9.17, 15) is 0 Å². The molecule has 0 spiro atoms. The van der Waals surface area contributed by atoms with Gasteiger partial charge in [-0.25, -0.2) is 0 Å². The standard InChI is InChI=1S/C13H22N2O3/c1-4-18-12-6-10(14)5-11(7-12)15-8-13(17-3)9-16-2/h5-7,13,15H,4,8-9,14H2,1-3H3. The van der Waals surface area contributed by atoms with E-state index in [0.29, 0.717) is 25.4 Å². The van der Waals surface area contributed by atoms with Crippen molar-refractivity contribution in [3.63, 3.8) is 0 Å². The Balaban J connectivity index is 2.60. The predicted molar refractivity (Wildman–Crippen MR) is 73.2 cm³/mol. The zero-order valence-corrected chi connectivity index (χ0v) is 11.2.